The van der Waals surface area contributed by atoms with Gasteiger partial charge in [0.25, 0.3) is 5.91 Å². The molecular formula is C14H20N2O3. The Hall–Kier alpha value is -2.04. The van der Waals surface area contributed by atoms with Crippen molar-refractivity contribution in [3.05, 3.63) is 29.8 Å². The zero-order valence-corrected chi connectivity index (χ0v) is 11.6. The molecule has 1 atom stereocenters. The van der Waals surface area contributed by atoms with E-state index in [2.05, 4.69) is 18.7 Å². The summed E-state index contributed by atoms with van der Waals surface area (Å²) in [4.78, 5) is 24.7. The number of hydrogen-bond acceptors (Lipinski definition) is 4. The van der Waals surface area contributed by atoms with Gasteiger partial charge in [0, 0.05) is 18.8 Å². The average Bonchev–Trinajstić information content (AvgIpc) is 2.40. The molecule has 2 N–H and O–H groups in total. The normalized spacial score (nSPS) is 11.7. The summed E-state index contributed by atoms with van der Waals surface area (Å²) < 4.78 is 4.92. The monoisotopic (exact) mass is 264 g/mol. The number of nitrogens with two attached hydrogens (primary N) is 1. The van der Waals surface area contributed by atoms with Crippen molar-refractivity contribution in [1.29, 1.82) is 0 Å². The molecule has 1 rings (SSSR count). The van der Waals surface area contributed by atoms with Crippen LogP contribution in [0.4, 0.5) is 5.69 Å². The van der Waals surface area contributed by atoms with E-state index in [9.17, 15) is 9.59 Å². The highest BCUT2D eigenvalue weighted by molar-refractivity contribution is 5.92. The number of nitrogens with zero attached hydrogens (tertiary/aromatic N) is 1. The number of ether oxygens (including phenoxy) is 1. The van der Waals surface area contributed by atoms with Gasteiger partial charge in [-0.15, -0.1) is 0 Å². The maximum Gasteiger partial charge on any atom is 0.338 e. The van der Waals surface area contributed by atoms with Crippen molar-refractivity contribution in [2.24, 2.45) is 5.73 Å². The van der Waals surface area contributed by atoms with Crippen LogP contribution in [-0.4, -0.2) is 31.1 Å². The van der Waals surface area contributed by atoms with Gasteiger partial charge in [0.15, 0.2) is 6.10 Å². The molecule has 0 radical (unpaired) electrons. The second-order valence-electron chi connectivity index (χ2n) is 4.17. The predicted molar refractivity (Wildman–Crippen MR) is 74.1 cm³/mol. The molecule has 0 bridgehead atoms. The molecule has 0 fully saturated rings. The number of rotatable bonds is 6. The highest BCUT2D eigenvalue weighted by Gasteiger charge is 2.16. The highest BCUT2D eigenvalue weighted by Crippen LogP contribution is 2.15. The van der Waals surface area contributed by atoms with Crippen LogP contribution in [0.5, 0.6) is 0 Å². The molecule has 0 saturated heterocycles. The molecule has 5 heteroatoms. The van der Waals surface area contributed by atoms with Gasteiger partial charge in [-0.1, -0.05) is 0 Å². The largest absolute Gasteiger partial charge is 0.449 e. The first kappa shape index (κ1) is 15.0. The molecule has 0 aliphatic carbocycles. The second-order valence-corrected chi connectivity index (χ2v) is 4.17. The fourth-order valence-corrected chi connectivity index (χ4v) is 1.68. The van der Waals surface area contributed by atoms with Crippen molar-refractivity contribution in [2.75, 3.05) is 18.0 Å². The quantitative estimate of drug-likeness (QED) is 0.791. The Bertz CT molecular complexity index is 439. The van der Waals surface area contributed by atoms with Crippen molar-refractivity contribution in [1.82, 2.24) is 0 Å². The standard InChI is InChI=1S/C14H20N2O3/c1-4-16(5-2)12-8-6-11(7-9-12)14(18)19-10(3)13(15)17/h6-10H,4-5H2,1-3H3,(H2,15,17)/t10-/m0/s1. The third-order valence-electron chi connectivity index (χ3n) is 2.92. The van der Waals surface area contributed by atoms with Gasteiger partial charge in [-0.25, -0.2) is 4.79 Å². The third kappa shape index (κ3) is 3.98. The summed E-state index contributed by atoms with van der Waals surface area (Å²) in [7, 11) is 0. The van der Waals surface area contributed by atoms with E-state index in [4.69, 9.17) is 10.5 Å². The van der Waals surface area contributed by atoms with E-state index in [1.54, 1.807) is 12.1 Å². The molecule has 0 heterocycles. The molecule has 0 aliphatic heterocycles. The first-order chi connectivity index (χ1) is 8.99. The van der Waals surface area contributed by atoms with Crippen LogP contribution in [0.3, 0.4) is 0 Å². The molecule has 1 aromatic rings. The first-order valence-electron chi connectivity index (χ1n) is 6.34. The molecule has 19 heavy (non-hydrogen) atoms. The highest BCUT2D eigenvalue weighted by atomic mass is 16.5. The molecule has 0 saturated carbocycles. The molecular weight excluding hydrogens is 244 g/mol. The lowest BCUT2D eigenvalue weighted by atomic mass is 10.2. The number of anilines is 1. The van der Waals surface area contributed by atoms with Gasteiger partial charge in [-0.2, -0.15) is 0 Å². The molecule has 104 valence electrons. The zero-order chi connectivity index (χ0) is 14.4. The maximum absolute atomic E-state index is 11.7. The summed E-state index contributed by atoms with van der Waals surface area (Å²) in [5.41, 5.74) is 6.49. The zero-order valence-electron chi connectivity index (χ0n) is 11.6. The minimum Gasteiger partial charge on any atom is -0.449 e. The Labute approximate surface area is 113 Å². The van der Waals surface area contributed by atoms with Crippen LogP contribution < -0.4 is 10.6 Å². The summed E-state index contributed by atoms with van der Waals surface area (Å²) in [6.45, 7) is 7.39. The number of benzene rings is 1. The predicted octanol–water partition coefficient (Wildman–Crippen LogP) is 1.56. The number of hydrogen-bond donors (Lipinski definition) is 1. The molecule has 0 unspecified atom stereocenters. The molecule has 1 aromatic carbocycles. The van der Waals surface area contributed by atoms with Crippen molar-refractivity contribution < 1.29 is 14.3 Å². The van der Waals surface area contributed by atoms with E-state index in [-0.39, 0.29) is 0 Å². The number of carbonyl (C=O) groups excluding carboxylic acids is 2. The van der Waals surface area contributed by atoms with Crippen LogP contribution in [-0.2, 0) is 9.53 Å². The Balaban J connectivity index is 2.76. The lowest BCUT2D eigenvalue weighted by molar-refractivity contribution is -0.125. The van der Waals surface area contributed by atoms with E-state index in [1.165, 1.54) is 6.92 Å². The fraction of sp³-hybridized carbons (Fsp3) is 0.429. The summed E-state index contributed by atoms with van der Waals surface area (Å²) in [5, 5.41) is 0. The van der Waals surface area contributed by atoms with Gasteiger partial charge in [0.2, 0.25) is 0 Å². The van der Waals surface area contributed by atoms with Crippen LogP contribution in [0.25, 0.3) is 0 Å². The average molecular weight is 264 g/mol. The molecule has 0 aliphatic rings. The van der Waals surface area contributed by atoms with Crippen LogP contribution in [0.1, 0.15) is 31.1 Å². The minimum absolute atomic E-state index is 0.406. The summed E-state index contributed by atoms with van der Waals surface area (Å²) in [5.74, 6) is -1.20. The lowest BCUT2D eigenvalue weighted by Crippen LogP contribution is -2.30. The molecule has 5 nitrogen and oxygen atoms in total. The summed E-state index contributed by atoms with van der Waals surface area (Å²) in [6, 6.07) is 7.09. The number of primary amides is 1. The minimum atomic E-state index is -0.921. The van der Waals surface area contributed by atoms with Gasteiger partial charge >= 0.3 is 5.97 Å². The van der Waals surface area contributed by atoms with Crippen LogP contribution in [0.15, 0.2) is 24.3 Å². The second kappa shape index (κ2) is 6.78. The first-order valence-corrected chi connectivity index (χ1v) is 6.34. The molecule has 1 amide bonds. The lowest BCUT2D eigenvalue weighted by Gasteiger charge is -2.21. The van der Waals surface area contributed by atoms with Crippen LogP contribution in [0.2, 0.25) is 0 Å². The molecule has 0 aromatic heterocycles. The molecule has 0 spiro atoms. The SMILES string of the molecule is CCN(CC)c1ccc(C(=O)O[C@@H](C)C(N)=O)cc1. The van der Waals surface area contributed by atoms with Crippen LogP contribution >= 0.6 is 0 Å². The topological polar surface area (TPSA) is 72.6 Å². The maximum atomic E-state index is 11.7. The Morgan fingerprint density at radius 3 is 2.16 bits per heavy atom. The summed E-state index contributed by atoms with van der Waals surface area (Å²) in [6.07, 6.45) is -0.921. The number of carbonyl (C=O) groups is 2. The smallest absolute Gasteiger partial charge is 0.338 e. The third-order valence-corrected chi connectivity index (χ3v) is 2.92. The van der Waals surface area contributed by atoms with E-state index in [0.29, 0.717) is 5.56 Å². The van der Waals surface area contributed by atoms with Gasteiger partial charge < -0.3 is 15.4 Å². The van der Waals surface area contributed by atoms with Gasteiger partial charge in [0.05, 0.1) is 5.56 Å². The van der Waals surface area contributed by atoms with Crippen molar-refractivity contribution >= 4 is 17.6 Å². The van der Waals surface area contributed by atoms with E-state index in [0.717, 1.165) is 18.8 Å². The Morgan fingerprint density at radius 2 is 1.74 bits per heavy atom. The van der Waals surface area contributed by atoms with Crippen molar-refractivity contribution in [3.63, 3.8) is 0 Å². The van der Waals surface area contributed by atoms with E-state index < -0.39 is 18.0 Å². The van der Waals surface area contributed by atoms with E-state index in [1.807, 2.05) is 12.1 Å². The van der Waals surface area contributed by atoms with Crippen LogP contribution in [0, 0.1) is 0 Å². The summed E-state index contributed by atoms with van der Waals surface area (Å²) >= 11 is 0. The Morgan fingerprint density at radius 1 is 1.21 bits per heavy atom. The number of amides is 1. The van der Waals surface area contributed by atoms with E-state index >= 15 is 0 Å². The van der Waals surface area contributed by atoms with Gasteiger partial charge in [-0.3, -0.25) is 4.79 Å². The van der Waals surface area contributed by atoms with Gasteiger partial charge in [-0.05, 0) is 45.0 Å². The van der Waals surface area contributed by atoms with Crippen molar-refractivity contribution in [3.8, 4) is 0 Å². The van der Waals surface area contributed by atoms with Gasteiger partial charge in [0.1, 0.15) is 0 Å². The fourth-order valence-electron chi connectivity index (χ4n) is 1.68. The number of esters is 1. The Kier molecular flexibility index (Phi) is 5.36. The van der Waals surface area contributed by atoms with Crippen molar-refractivity contribution in [2.45, 2.75) is 26.9 Å².